The first kappa shape index (κ1) is 14.8. The minimum absolute atomic E-state index is 0.206. The summed E-state index contributed by atoms with van der Waals surface area (Å²) in [6, 6.07) is 0.431. The van der Waals surface area contributed by atoms with E-state index in [9.17, 15) is 4.79 Å². The summed E-state index contributed by atoms with van der Waals surface area (Å²) in [5.41, 5.74) is 0. The van der Waals surface area contributed by atoms with E-state index in [4.69, 9.17) is 0 Å². The third kappa shape index (κ3) is 4.18. The standard InChI is InChI=1S/C13H21N3OS2/c1-9-4-6-11(7-5-9)16(3)12(17)8-18-13-15-14-10(2)19-13/h9,11H,4-8H2,1-3H3. The number of hydrogen-bond acceptors (Lipinski definition) is 5. The third-order valence-electron chi connectivity index (χ3n) is 3.75. The van der Waals surface area contributed by atoms with Crippen LogP contribution in [0.15, 0.2) is 4.34 Å². The Balaban J connectivity index is 1.79. The smallest absolute Gasteiger partial charge is 0.233 e. The van der Waals surface area contributed by atoms with Gasteiger partial charge in [-0.1, -0.05) is 30.0 Å². The Morgan fingerprint density at radius 3 is 2.63 bits per heavy atom. The minimum Gasteiger partial charge on any atom is -0.342 e. The van der Waals surface area contributed by atoms with E-state index >= 15 is 0 Å². The lowest BCUT2D eigenvalue weighted by Crippen LogP contribution is -2.40. The van der Waals surface area contributed by atoms with Crippen LogP contribution in [0.5, 0.6) is 0 Å². The first-order valence-corrected chi connectivity index (χ1v) is 8.55. The maximum atomic E-state index is 12.2. The summed E-state index contributed by atoms with van der Waals surface area (Å²) in [6.07, 6.45) is 4.77. The fourth-order valence-electron chi connectivity index (χ4n) is 2.40. The Kier molecular flexibility index (Phi) is 5.21. The van der Waals surface area contributed by atoms with Crippen LogP contribution >= 0.6 is 23.1 Å². The van der Waals surface area contributed by atoms with Crippen molar-refractivity contribution in [2.24, 2.45) is 5.92 Å². The molecule has 0 bridgehead atoms. The molecule has 0 saturated heterocycles. The summed E-state index contributed by atoms with van der Waals surface area (Å²) in [5, 5.41) is 8.94. The lowest BCUT2D eigenvalue weighted by atomic mass is 9.87. The van der Waals surface area contributed by atoms with Crippen molar-refractivity contribution in [3.8, 4) is 0 Å². The van der Waals surface area contributed by atoms with E-state index in [1.54, 1.807) is 11.3 Å². The Labute approximate surface area is 123 Å². The zero-order chi connectivity index (χ0) is 13.8. The highest BCUT2D eigenvalue weighted by atomic mass is 32.2. The predicted molar refractivity (Wildman–Crippen MR) is 79.6 cm³/mol. The topological polar surface area (TPSA) is 46.1 Å². The second kappa shape index (κ2) is 6.70. The fraction of sp³-hybridized carbons (Fsp3) is 0.769. The SMILES string of the molecule is Cc1nnc(SCC(=O)N(C)C2CCC(C)CC2)s1. The number of carbonyl (C=O) groups is 1. The van der Waals surface area contributed by atoms with Gasteiger partial charge in [-0.15, -0.1) is 10.2 Å². The summed E-state index contributed by atoms with van der Waals surface area (Å²) < 4.78 is 0.886. The van der Waals surface area contributed by atoms with Crippen molar-refractivity contribution in [3.05, 3.63) is 5.01 Å². The average Bonchev–Trinajstić information content (AvgIpc) is 2.82. The van der Waals surface area contributed by atoms with Crippen LogP contribution in [0.3, 0.4) is 0 Å². The van der Waals surface area contributed by atoms with Crippen LogP contribution in [0, 0.1) is 12.8 Å². The van der Waals surface area contributed by atoms with Crippen molar-refractivity contribution < 1.29 is 4.79 Å². The molecular formula is C13H21N3OS2. The molecule has 1 aromatic rings. The van der Waals surface area contributed by atoms with Crippen molar-refractivity contribution in [2.75, 3.05) is 12.8 Å². The van der Waals surface area contributed by atoms with Crippen LogP contribution in [-0.4, -0.2) is 39.8 Å². The summed E-state index contributed by atoms with van der Waals surface area (Å²) in [5.74, 6) is 1.49. The summed E-state index contributed by atoms with van der Waals surface area (Å²) >= 11 is 3.04. The van der Waals surface area contributed by atoms with Gasteiger partial charge < -0.3 is 4.90 Å². The van der Waals surface area contributed by atoms with E-state index in [1.165, 1.54) is 24.6 Å². The summed E-state index contributed by atoms with van der Waals surface area (Å²) in [7, 11) is 1.94. The number of rotatable bonds is 4. The molecule has 0 aromatic carbocycles. The van der Waals surface area contributed by atoms with Crippen molar-refractivity contribution in [2.45, 2.75) is 49.9 Å². The van der Waals surface area contributed by atoms with Gasteiger partial charge in [0.15, 0.2) is 4.34 Å². The van der Waals surface area contributed by atoms with E-state index in [1.807, 2.05) is 18.9 Å². The number of aromatic nitrogens is 2. The number of hydrogen-bond donors (Lipinski definition) is 0. The van der Waals surface area contributed by atoms with Crippen LogP contribution in [0.4, 0.5) is 0 Å². The van der Waals surface area contributed by atoms with Crippen molar-refractivity contribution in [1.29, 1.82) is 0 Å². The molecule has 106 valence electrons. The predicted octanol–water partition coefficient (Wildman–Crippen LogP) is 2.98. The second-order valence-corrected chi connectivity index (χ2v) is 7.70. The minimum atomic E-state index is 0.206. The normalized spacial score (nSPS) is 23.3. The van der Waals surface area contributed by atoms with E-state index in [0.717, 1.165) is 28.1 Å². The molecule has 1 heterocycles. The van der Waals surface area contributed by atoms with E-state index in [2.05, 4.69) is 17.1 Å². The van der Waals surface area contributed by atoms with Crippen LogP contribution in [0.2, 0.25) is 0 Å². The Morgan fingerprint density at radius 2 is 2.05 bits per heavy atom. The molecule has 0 atom stereocenters. The number of amides is 1. The maximum Gasteiger partial charge on any atom is 0.233 e. The van der Waals surface area contributed by atoms with Crippen molar-refractivity contribution >= 4 is 29.0 Å². The summed E-state index contributed by atoms with van der Waals surface area (Å²) in [6.45, 7) is 4.23. The molecule has 19 heavy (non-hydrogen) atoms. The van der Waals surface area contributed by atoms with E-state index in [0.29, 0.717) is 11.8 Å². The highest BCUT2D eigenvalue weighted by Gasteiger charge is 2.24. The molecular weight excluding hydrogens is 278 g/mol. The highest BCUT2D eigenvalue weighted by Crippen LogP contribution is 2.27. The lowest BCUT2D eigenvalue weighted by Gasteiger charge is -2.33. The van der Waals surface area contributed by atoms with E-state index in [-0.39, 0.29) is 5.91 Å². The van der Waals surface area contributed by atoms with E-state index < -0.39 is 0 Å². The Morgan fingerprint density at radius 1 is 1.37 bits per heavy atom. The molecule has 1 aromatic heterocycles. The zero-order valence-electron chi connectivity index (χ0n) is 11.8. The molecule has 1 aliphatic rings. The van der Waals surface area contributed by atoms with Crippen LogP contribution in [0.25, 0.3) is 0 Å². The fourth-order valence-corrected chi connectivity index (χ4v) is 4.13. The molecule has 0 aliphatic heterocycles. The van der Waals surface area contributed by atoms with Gasteiger partial charge in [-0.25, -0.2) is 0 Å². The molecule has 1 fully saturated rings. The average molecular weight is 299 g/mol. The Bertz CT molecular complexity index is 427. The zero-order valence-corrected chi connectivity index (χ0v) is 13.4. The molecule has 1 aliphatic carbocycles. The van der Waals surface area contributed by atoms with Crippen molar-refractivity contribution in [1.82, 2.24) is 15.1 Å². The van der Waals surface area contributed by atoms with Gasteiger partial charge in [-0.2, -0.15) is 0 Å². The maximum absolute atomic E-state index is 12.2. The first-order valence-electron chi connectivity index (χ1n) is 6.75. The molecule has 0 unspecified atom stereocenters. The molecule has 0 radical (unpaired) electrons. The van der Waals surface area contributed by atoms with Gasteiger partial charge in [0.05, 0.1) is 5.75 Å². The number of thioether (sulfide) groups is 1. The van der Waals surface area contributed by atoms with Crippen LogP contribution in [-0.2, 0) is 4.79 Å². The molecule has 6 heteroatoms. The van der Waals surface area contributed by atoms with Gasteiger partial charge in [0.25, 0.3) is 0 Å². The van der Waals surface area contributed by atoms with Gasteiger partial charge in [-0.05, 0) is 38.5 Å². The third-order valence-corrected chi connectivity index (χ3v) is 5.71. The van der Waals surface area contributed by atoms with Gasteiger partial charge in [0.1, 0.15) is 5.01 Å². The first-order chi connectivity index (χ1) is 9.06. The largest absolute Gasteiger partial charge is 0.342 e. The Hall–Kier alpha value is -0.620. The molecule has 1 saturated carbocycles. The van der Waals surface area contributed by atoms with Crippen LogP contribution in [0.1, 0.15) is 37.6 Å². The molecule has 4 nitrogen and oxygen atoms in total. The van der Waals surface area contributed by atoms with Crippen LogP contribution < -0.4 is 0 Å². The van der Waals surface area contributed by atoms with Crippen molar-refractivity contribution in [3.63, 3.8) is 0 Å². The summed E-state index contributed by atoms with van der Waals surface area (Å²) in [4.78, 5) is 14.1. The molecule has 0 spiro atoms. The number of aryl methyl sites for hydroxylation is 1. The van der Waals surface area contributed by atoms with Gasteiger partial charge in [0.2, 0.25) is 5.91 Å². The number of nitrogens with zero attached hydrogens (tertiary/aromatic N) is 3. The van der Waals surface area contributed by atoms with Gasteiger partial charge in [-0.3, -0.25) is 4.79 Å². The molecule has 2 rings (SSSR count). The molecule has 1 amide bonds. The second-order valence-electron chi connectivity index (χ2n) is 5.29. The highest BCUT2D eigenvalue weighted by molar-refractivity contribution is 8.01. The van der Waals surface area contributed by atoms with Gasteiger partial charge in [0, 0.05) is 13.1 Å². The monoisotopic (exact) mass is 299 g/mol. The van der Waals surface area contributed by atoms with Gasteiger partial charge >= 0.3 is 0 Å². The lowest BCUT2D eigenvalue weighted by molar-refractivity contribution is -0.129. The number of carbonyl (C=O) groups excluding carboxylic acids is 1. The quantitative estimate of drug-likeness (QED) is 0.802. The molecule has 0 N–H and O–H groups in total.